The maximum Gasteiger partial charge on any atom is 0.417 e. The molecule has 1 fully saturated rings. The highest BCUT2D eigenvalue weighted by Gasteiger charge is 2.33. The van der Waals surface area contributed by atoms with Gasteiger partial charge in [0.05, 0.1) is 10.6 Å². The van der Waals surface area contributed by atoms with Crippen LogP contribution in [0, 0.1) is 0 Å². The summed E-state index contributed by atoms with van der Waals surface area (Å²) >= 11 is 5.82. The van der Waals surface area contributed by atoms with E-state index in [1.54, 1.807) is 4.90 Å². The first-order valence-electron chi connectivity index (χ1n) is 5.73. The van der Waals surface area contributed by atoms with Crippen molar-refractivity contribution in [1.82, 2.24) is 10.3 Å². The van der Waals surface area contributed by atoms with Gasteiger partial charge in [-0.05, 0) is 6.07 Å². The van der Waals surface area contributed by atoms with E-state index < -0.39 is 23.8 Å². The topological polar surface area (TPSA) is 65.5 Å². The first kappa shape index (κ1) is 14.9. The lowest BCUT2D eigenvalue weighted by Gasteiger charge is -2.33. The van der Waals surface area contributed by atoms with Gasteiger partial charge in [0, 0.05) is 25.8 Å². The normalized spacial score (nSPS) is 20.0. The molecule has 1 unspecified atom stereocenters. The molecule has 9 heteroatoms. The Morgan fingerprint density at radius 1 is 1.55 bits per heavy atom. The van der Waals surface area contributed by atoms with Gasteiger partial charge in [-0.15, -0.1) is 0 Å². The number of pyridine rings is 1. The van der Waals surface area contributed by atoms with Crippen LogP contribution in [-0.4, -0.2) is 41.7 Å². The van der Waals surface area contributed by atoms with E-state index in [2.05, 4.69) is 10.3 Å². The molecule has 1 aliphatic rings. The van der Waals surface area contributed by atoms with Crippen molar-refractivity contribution in [1.29, 1.82) is 0 Å². The predicted molar refractivity (Wildman–Crippen MR) is 65.9 cm³/mol. The van der Waals surface area contributed by atoms with Crippen molar-refractivity contribution in [3.8, 4) is 0 Å². The number of hydrogen-bond acceptors (Lipinski definition) is 4. The van der Waals surface area contributed by atoms with Crippen LogP contribution in [0.3, 0.4) is 0 Å². The number of rotatable bonds is 2. The average Bonchev–Trinajstić information content (AvgIpc) is 2.37. The molecule has 0 radical (unpaired) electrons. The molecule has 1 atom stereocenters. The number of carboxylic acid groups (broad SMARTS) is 1. The minimum absolute atomic E-state index is 0.0907. The number of alkyl halides is 3. The summed E-state index contributed by atoms with van der Waals surface area (Å²) in [5, 5.41) is 11.6. The zero-order valence-corrected chi connectivity index (χ0v) is 10.9. The van der Waals surface area contributed by atoms with E-state index in [0.29, 0.717) is 19.3 Å². The van der Waals surface area contributed by atoms with Gasteiger partial charge in [0.2, 0.25) is 0 Å². The Kier molecular flexibility index (Phi) is 4.05. The molecule has 20 heavy (non-hydrogen) atoms. The molecule has 2 rings (SSSR count). The molecule has 0 aromatic carbocycles. The second-order valence-electron chi connectivity index (χ2n) is 4.32. The first-order chi connectivity index (χ1) is 9.29. The molecular weight excluding hydrogens is 299 g/mol. The number of carbonyl (C=O) groups is 1. The van der Waals surface area contributed by atoms with Crippen LogP contribution in [-0.2, 0) is 11.0 Å². The van der Waals surface area contributed by atoms with Crippen molar-refractivity contribution in [3.05, 3.63) is 22.8 Å². The minimum atomic E-state index is -4.51. The van der Waals surface area contributed by atoms with Gasteiger partial charge in [0.1, 0.15) is 11.9 Å². The Morgan fingerprint density at radius 2 is 2.25 bits per heavy atom. The SMILES string of the molecule is O=C(O)C1CN(c2ncc(C(F)(F)F)cc2Cl)CCN1. The molecule has 0 saturated carbocycles. The van der Waals surface area contributed by atoms with Crippen molar-refractivity contribution in [2.45, 2.75) is 12.2 Å². The van der Waals surface area contributed by atoms with E-state index in [0.717, 1.165) is 6.07 Å². The van der Waals surface area contributed by atoms with Crippen LogP contribution in [0.4, 0.5) is 19.0 Å². The van der Waals surface area contributed by atoms with Crippen molar-refractivity contribution in [3.63, 3.8) is 0 Å². The number of halogens is 4. The molecule has 2 N–H and O–H groups in total. The van der Waals surface area contributed by atoms with Crippen LogP contribution in [0.15, 0.2) is 12.3 Å². The molecule has 1 aromatic rings. The highest BCUT2D eigenvalue weighted by molar-refractivity contribution is 6.33. The van der Waals surface area contributed by atoms with Crippen LogP contribution in [0.5, 0.6) is 0 Å². The number of carboxylic acids is 1. The molecule has 1 aliphatic heterocycles. The maximum absolute atomic E-state index is 12.5. The zero-order chi connectivity index (χ0) is 14.9. The van der Waals surface area contributed by atoms with Gasteiger partial charge in [-0.3, -0.25) is 4.79 Å². The lowest BCUT2D eigenvalue weighted by atomic mass is 10.2. The summed E-state index contributed by atoms with van der Waals surface area (Å²) in [6.07, 6.45) is -3.82. The summed E-state index contributed by atoms with van der Waals surface area (Å²) in [6, 6.07) is -0.00859. The third kappa shape index (κ3) is 3.13. The summed E-state index contributed by atoms with van der Waals surface area (Å²) in [7, 11) is 0. The number of hydrogen-bond donors (Lipinski definition) is 2. The van der Waals surface area contributed by atoms with Crippen LogP contribution in [0.2, 0.25) is 5.02 Å². The third-order valence-electron chi connectivity index (χ3n) is 2.92. The number of aromatic nitrogens is 1. The van der Waals surface area contributed by atoms with Gasteiger partial charge in [0.25, 0.3) is 0 Å². The molecule has 110 valence electrons. The van der Waals surface area contributed by atoms with Crippen LogP contribution >= 0.6 is 11.6 Å². The standard InChI is InChI=1S/C11H11ClF3N3O2/c12-7-3-6(11(13,14)15)4-17-9(7)18-2-1-16-8(5-18)10(19)20/h3-4,8,16H,1-2,5H2,(H,19,20). The van der Waals surface area contributed by atoms with E-state index in [1.165, 1.54) is 0 Å². The maximum atomic E-state index is 12.5. The van der Waals surface area contributed by atoms with E-state index in [1.807, 2.05) is 0 Å². The number of anilines is 1. The fourth-order valence-corrected chi connectivity index (χ4v) is 2.21. The molecule has 5 nitrogen and oxygen atoms in total. The second-order valence-corrected chi connectivity index (χ2v) is 4.73. The van der Waals surface area contributed by atoms with Gasteiger partial charge in [-0.2, -0.15) is 13.2 Å². The quantitative estimate of drug-likeness (QED) is 0.869. The summed E-state index contributed by atoms with van der Waals surface area (Å²) < 4.78 is 37.5. The van der Waals surface area contributed by atoms with Crippen LogP contribution in [0.1, 0.15) is 5.56 Å². The summed E-state index contributed by atoms with van der Waals surface area (Å²) in [5.41, 5.74) is -0.934. The molecule has 0 amide bonds. The fourth-order valence-electron chi connectivity index (χ4n) is 1.93. The Morgan fingerprint density at radius 3 is 2.80 bits per heavy atom. The van der Waals surface area contributed by atoms with E-state index >= 15 is 0 Å². The van der Waals surface area contributed by atoms with Gasteiger partial charge in [0.15, 0.2) is 0 Å². The molecule has 0 aliphatic carbocycles. The van der Waals surface area contributed by atoms with E-state index in [-0.39, 0.29) is 17.4 Å². The van der Waals surface area contributed by atoms with Crippen LogP contribution < -0.4 is 10.2 Å². The highest BCUT2D eigenvalue weighted by atomic mass is 35.5. The second kappa shape index (κ2) is 5.45. The van der Waals surface area contributed by atoms with Gasteiger partial charge < -0.3 is 15.3 Å². The zero-order valence-electron chi connectivity index (χ0n) is 10.1. The molecule has 0 bridgehead atoms. The lowest BCUT2D eigenvalue weighted by Crippen LogP contribution is -2.54. The molecule has 1 aromatic heterocycles. The number of nitrogens with one attached hydrogen (secondary N) is 1. The predicted octanol–water partition coefficient (Wildman–Crippen LogP) is 1.62. The smallest absolute Gasteiger partial charge is 0.417 e. The van der Waals surface area contributed by atoms with Crippen molar-refractivity contribution < 1.29 is 23.1 Å². The summed E-state index contributed by atoms with van der Waals surface area (Å²) in [5.74, 6) is -0.870. The average molecular weight is 310 g/mol. The third-order valence-corrected chi connectivity index (χ3v) is 3.20. The molecule has 2 heterocycles. The monoisotopic (exact) mass is 309 g/mol. The highest BCUT2D eigenvalue weighted by Crippen LogP contribution is 2.33. The molecule has 1 saturated heterocycles. The van der Waals surface area contributed by atoms with Gasteiger partial charge in [-0.25, -0.2) is 4.98 Å². The van der Waals surface area contributed by atoms with Crippen molar-refractivity contribution in [2.24, 2.45) is 0 Å². The Bertz CT molecular complexity index is 524. The fraction of sp³-hybridized carbons (Fsp3) is 0.455. The minimum Gasteiger partial charge on any atom is -0.480 e. The van der Waals surface area contributed by atoms with Gasteiger partial charge in [-0.1, -0.05) is 11.6 Å². The Labute approximate surface area is 117 Å². The van der Waals surface area contributed by atoms with E-state index in [9.17, 15) is 18.0 Å². The van der Waals surface area contributed by atoms with E-state index in [4.69, 9.17) is 16.7 Å². The first-order valence-corrected chi connectivity index (χ1v) is 6.10. The summed E-state index contributed by atoms with van der Waals surface area (Å²) in [6.45, 7) is 0.894. The van der Waals surface area contributed by atoms with Gasteiger partial charge >= 0.3 is 12.1 Å². The molecule has 0 spiro atoms. The number of aliphatic carboxylic acids is 1. The Balaban J connectivity index is 2.23. The number of piperazine rings is 1. The molecular formula is C11H11ClF3N3O2. The van der Waals surface area contributed by atoms with Crippen LogP contribution in [0.25, 0.3) is 0 Å². The van der Waals surface area contributed by atoms with Crippen molar-refractivity contribution >= 4 is 23.4 Å². The number of nitrogens with zero attached hydrogens (tertiary/aromatic N) is 2. The van der Waals surface area contributed by atoms with Crippen molar-refractivity contribution in [2.75, 3.05) is 24.5 Å². The lowest BCUT2D eigenvalue weighted by molar-refractivity contribution is -0.139. The summed E-state index contributed by atoms with van der Waals surface area (Å²) in [4.78, 5) is 16.2. The Hall–Kier alpha value is -1.54. The largest absolute Gasteiger partial charge is 0.480 e.